The molecule has 8 aromatic rings. The summed E-state index contributed by atoms with van der Waals surface area (Å²) in [5.41, 5.74) is 9.28. The first kappa shape index (κ1) is 52.5. The number of carboxylic acids is 1. The van der Waals surface area contributed by atoms with Crippen molar-refractivity contribution in [3.63, 3.8) is 0 Å². The van der Waals surface area contributed by atoms with E-state index >= 15 is 0 Å². The second-order valence-corrected chi connectivity index (χ2v) is 17.9. The highest BCUT2D eigenvalue weighted by atomic mass is 19.1. The van der Waals surface area contributed by atoms with Crippen molar-refractivity contribution in [2.24, 2.45) is 0 Å². The standard InChI is InChI=1S/C25H29FN8O.C14H16N6O2.C11H15FN2.CH4/c1-17-22(18(2)33(29-17)24-10-9-23-28-27-19(3)34(23)30-24)8-11-25(35)32-14-12-31(13-15-32)16-20-4-6-21(26)7-5-20;1-8-11(4-7-14(21)22)9(2)19(17-8)13-6-5-12-16-15-10(3)20(12)18-13;12-11-3-1-10(2-4-11)9-14-7-5-13-6-8-14;/h4-7,9-10H,8,11-16H2,1-3H3;5-6H,4,7H2,1-3H3,(H,21,22);1-4,13H,5-9H2;1H4. The van der Waals surface area contributed by atoms with E-state index in [1.165, 1.54) is 29.8 Å². The molecule has 2 aliphatic rings. The van der Waals surface area contributed by atoms with E-state index in [0.29, 0.717) is 66.9 Å². The lowest BCUT2D eigenvalue weighted by Crippen LogP contribution is -2.48. The van der Waals surface area contributed by atoms with Gasteiger partial charge in [-0.05, 0) is 125 Å². The van der Waals surface area contributed by atoms with Crippen LogP contribution in [0.2, 0.25) is 0 Å². The normalized spacial score (nSPS) is 14.1. The van der Waals surface area contributed by atoms with Gasteiger partial charge in [-0.1, -0.05) is 31.7 Å². The quantitative estimate of drug-likeness (QED) is 0.150. The Morgan fingerprint density at radius 2 is 0.986 bits per heavy atom. The van der Waals surface area contributed by atoms with E-state index in [-0.39, 0.29) is 31.4 Å². The van der Waals surface area contributed by atoms with E-state index in [4.69, 9.17) is 10.2 Å². The Morgan fingerprint density at radius 1 is 0.556 bits per heavy atom. The van der Waals surface area contributed by atoms with Crippen LogP contribution < -0.4 is 5.32 Å². The minimum Gasteiger partial charge on any atom is -0.481 e. The van der Waals surface area contributed by atoms with Crippen LogP contribution in [0.3, 0.4) is 0 Å². The number of nitrogens with zero attached hydrogens (tertiary/aromatic N) is 15. The second kappa shape index (κ2) is 23.7. The Bertz CT molecular complexity index is 3090. The summed E-state index contributed by atoms with van der Waals surface area (Å²) in [6.07, 6.45) is 1.63. The second-order valence-electron chi connectivity index (χ2n) is 17.9. The lowest BCUT2D eigenvalue weighted by atomic mass is 10.1. The third-order valence-corrected chi connectivity index (χ3v) is 12.9. The highest BCUT2D eigenvalue weighted by molar-refractivity contribution is 5.76. The van der Waals surface area contributed by atoms with Crippen LogP contribution >= 0.6 is 0 Å². The van der Waals surface area contributed by atoms with Gasteiger partial charge in [0, 0.05) is 89.7 Å². The van der Waals surface area contributed by atoms with Crippen molar-refractivity contribution in [1.82, 2.24) is 79.2 Å². The zero-order valence-electron chi connectivity index (χ0n) is 41.1. The molecule has 2 fully saturated rings. The minimum atomic E-state index is -0.814. The Kier molecular flexibility index (Phi) is 17.3. The molecule has 2 aromatic carbocycles. The fourth-order valence-corrected chi connectivity index (χ4v) is 8.86. The molecule has 0 saturated carbocycles. The van der Waals surface area contributed by atoms with Crippen LogP contribution in [-0.2, 0) is 35.5 Å². The molecule has 0 atom stereocenters. The van der Waals surface area contributed by atoms with Crippen LogP contribution in [0.25, 0.3) is 22.9 Å². The van der Waals surface area contributed by atoms with Crippen molar-refractivity contribution in [1.29, 1.82) is 0 Å². The number of nitrogens with one attached hydrogen (secondary N) is 1. The number of carboxylic acid groups (broad SMARTS) is 1. The average molecular weight is 987 g/mol. The first-order valence-corrected chi connectivity index (χ1v) is 23.8. The molecule has 0 radical (unpaired) electrons. The van der Waals surface area contributed by atoms with Crippen LogP contribution in [0.4, 0.5) is 8.78 Å². The number of carbonyl (C=O) groups is 2. The van der Waals surface area contributed by atoms with E-state index in [0.717, 1.165) is 91.8 Å². The molecule has 1 amide bonds. The Labute approximate surface area is 417 Å². The fourth-order valence-electron chi connectivity index (χ4n) is 8.86. The maximum Gasteiger partial charge on any atom is 0.303 e. The minimum absolute atomic E-state index is 0. The van der Waals surface area contributed by atoms with E-state index in [1.807, 2.05) is 99.7 Å². The molecule has 21 heteroatoms. The summed E-state index contributed by atoms with van der Waals surface area (Å²) in [6.45, 7) is 20.5. The van der Waals surface area contributed by atoms with E-state index in [1.54, 1.807) is 13.7 Å². The molecular formula is C51H64F2N16O3. The van der Waals surface area contributed by atoms with Gasteiger partial charge in [-0.25, -0.2) is 18.1 Å². The number of aliphatic carboxylic acids is 1. The Balaban J connectivity index is 0.000000175. The number of aromatic nitrogens is 12. The van der Waals surface area contributed by atoms with E-state index in [9.17, 15) is 18.4 Å². The predicted molar refractivity (Wildman–Crippen MR) is 268 cm³/mol. The van der Waals surface area contributed by atoms with Crippen molar-refractivity contribution in [2.45, 2.75) is 87.7 Å². The van der Waals surface area contributed by atoms with Crippen molar-refractivity contribution in [3.05, 3.63) is 141 Å². The maximum absolute atomic E-state index is 13.1. The van der Waals surface area contributed by atoms with Gasteiger partial charge in [-0.2, -0.15) is 19.2 Å². The van der Waals surface area contributed by atoms with Crippen LogP contribution in [0.5, 0.6) is 0 Å². The van der Waals surface area contributed by atoms with Crippen molar-refractivity contribution in [3.8, 4) is 11.6 Å². The number of rotatable bonds is 12. The summed E-state index contributed by atoms with van der Waals surface area (Å²) in [5.74, 6) is 1.73. The molecule has 2 N–H and O–H groups in total. The number of amides is 1. The molecule has 0 unspecified atom stereocenters. The SMILES string of the molecule is C.Cc1nn(-c2ccc3nnc(C)n3n2)c(C)c1CCC(=O)N1CCN(Cc2ccc(F)cc2)CC1.Cc1nn(-c2ccc3nnc(C)n3n2)c(C)c1CCC(=O)O.Fc1ccc(CN2CCNCC2)cc1. The number of piperazine rings is 2. The van der Waals surface area contributed by atoms with E-state index in [2.05, 4.69) is 50.8 Å². The zero-order valence-corrected chi connectivity index (χ0v) is 41.1. The van der Waals surface area contributed by atoms with Crippen LogP contribution in [0.15, 0.2) is 72.8 Å². The molecule has 6 aromatic heterocycles. The van der Waals surface area contributed by atoms with Crippen LogP contribution in [0.1, 0.15) is 76.9 Å². The van der Waals surface area contributed by atoms with Gasteiger partial charge in [0.05, 0.1) is 11.4 Å². The molecule has 19 nitrogen and oxygen atoms in total. The Morgan fingerprint density at radius 3 is 1.43 bits per heavy atom. The predicted octanol–water partition coefficient (Wildman–Crippen LogP) is 5.77. The topological polar surface area (TPSA) is 198 Å². The summed E-state index contributed by atoms with van der Waals surface area (Å²) in [7, 11) is 0. The van der Waals surface area contributed by atoms with Gasteiger partial charge in [-0.15, -0.1) is 30.6 Å². The third-order valence-electron chi connectivity index (χ3n) is 12.9. The molecule has 10 rings (SSSR count). The maximum atomic E-state index is 13.1. The highest BCUT2D eigenvalue weighted by Gasteiger charge is 2.23. The van der Waals surface area contributed by atoms with Crippen LogP contribution in [0, 0.1) is 53.2 Å². The van der Waals surface area contributed by atoms with Gasteiger partial charge in [-0.3, -0.25) is 19.4 Å². The summed E-state index contributed by atoms with van der Waals surface area (Å²) in [6, 6.07) is 20.8. The summed E-state index contributed by atoms with van der Waals surface area (Å²) < 4.78 is 32.7. The van der Waals surface area contributed by atoms with Crippen molar-refractivity contribution in [2.75, 3.05) is 52.4 Å². The molecule has 0 bridgehead atoms. The fraction of sp³-hybridized carbons (Fsp3) is 0.412. The number of benzene rings is 2. The smallest absolute Gasteiger partial charge is 0.303 e. The average Bonchev–Trinajstić information content (AvgIpc) is 4.10. The zero-order chi connectivity index (χ0) is 50.2. The molecule has 0 aliphatic carbocycles. The van der Waals surface area contributed by atoms with Crippen molar-refractivity contribution < 1.29 is 23.5 Å². The first-order valence-electron chi connectivity index (χ1n) is 23.8. The number of halogens is 2. The summed E-state index contributed by atoms with van der Waals surface area (Å²) >= 11 is 0. The molecule has 380 valence electrons. The molecule has 8 heterocycles. The van der Waals surface area contributed by atoms with Gasteiger partial charge in [0.2, 0.25) is 5.91 Å². The number of carbonyl (C=O) groups excluding carboxylic acids is 1. The lowest BCUT2D eigenvalue weighted by molar-refractivity contribution is -0.137. The number of aryl methyl sites for hydroxylation is 4. The van der Waals surface area contributed by atoms with Gasteiger partial charge < -0.3 is 15.3 Å². The Hall–Kier alpha value is -7.36. The lowest BCUT2D eigenvalue weighted by Gasteiger charge is -2.34. The third kappa shape index (κ3) is 12.7. The van der Waals surface area contributed by atoms with Gasteiger partial charge >= 0.3 is 5.97 Å². The van der Waals surface area contributed by atoms with Crippen LogP contribution in [-0.4, -0.2) is 143 Å². The van der Waals surface area contributed by atoms with Gasteiger partial charge in [0.25, 0.3) is 0 Å². The molecule has 72 heavy (non-hydrogen) atoms. The first-order chi connectivity index (χ1) is 34.2. The number of fused-ring (bicyclic) bond motifs is 2. The monoisotopic (exact) mass is 987 g/mol. The largest absolute Gasteiger partial charge is 0.481 e. The summed E-state index contributed by atoms with van der Waals surface area (Å²) in [5, 5.41) is 46.6. The number of hydrogen-bond acceptors (Lipinski definition) is 13. The molecular weight excluding hydrogens is 923 g/mol. The summed E-state index contributed by atoms with van der Waals surface area (Å²) in [4.78, 5) is 30.3. The van der Waals surface area contributed by atoms with Crippen molar-refractivity contribution >= 4 is 23.2 Å². The highest BCUT2D eigenvalue weighted by Crippen LogP contribution is 2.21. The van der Waals surface area contributed by atoms with Gasteiger partial charge in [0.15, 0.2) is 34.6 Å². The molecule has 2 aliphatic heterocycles. The van der Waals surface area contributed by atoms with Gasteiger partial charge in [0.1, 0.15) is 11.6 Å². The number of hydrogen-bond donors (Lipinski definition) is 2. The van der Waals surface area contributed by atoms with E-state index < -0.39 is 5.97 Å². The molecule has 0 spiro atoms. The molecule has 2 saturated heterocycles.